The van der Waals surface area contributed by atoms with Gasteiger partial charge in [0, 0.05) is 19.7 Å². The van der Waals surface area contributed by atoms with Gasteiger partial charge in [0.2, 0.25) is 5.91 Å². The van der Waals surface area contributed by atoms with Crippen LogP contribution in [0.15, 0.2) is 16.9 Å². The van der Waals surface area contributed by atoms with Crippen molar-refractivity contribution in [2.24, 2.45) is 0 Å². The molecule has 1 amide bonds. The Bertz CT molecular complexity index is 271. The molecule has 0 aromatic carbocycles. The first kappa shape index (κ1) is 9.25. The lowest BCUT2D eigenvalue weighted by Crippen LogP contribution is -2.24. The van der Waals surface area contributed by atoms with Crippen LogP contribution in [0.25, 0.3) is 0 Å². The minimum atomic E-state index is -0.0128. The lowest BCUT2D eigenvalue weighted by Gasteiger charge is -2.01. The van der Waals surface area contributed by atoms with Gasteiger partial charge in [-0.3, -0.25) is 9.48 Å². The summed E-state index contributed by atoms with van der Waals surface area (Å²) in [6.07, 6.45) is 1.85. The van der Waals surface area contributed by atoms with E-state index in [2.05, 4.69) is 26.3 Å². The third kappa shape index (κ3) is 3.04. The van der Waals surface area contributed by atoms with E-state index in [1.807, 2.05) is 12.3 Å². The highest BCUT2D eigenvalue weighted by molar-refractivity contribution is 9.10. The molecule has 0 atom stereocenters. The third-order valence-corrected chi connectivity index (χ3v) is 1.75. The summed E-state index contributed by atoms with van der Waals surface area (Å²) in [5.74, 6) is -0.0128. The summed E-state index contributed by atoms with van der Waals surface area (Å²) in [6.45, 7) is 2.81. The SMILES string of the molecule is CC(=O)NCCn1ccc(Br)n1. The quantitative estimate of drug-likeness (QED) is 0.837. The van der Waals surface area contributed by atoms with E-state index >= 15 is 0 Å². The van der Waals surface area contributed by atoms with Crippen molar-refractivity contribution in [1.29, 1.82) is 0 Å². The molecule has 0 aliphatic rings. The number of hydrogen-bond acceptors (Lipinski definition) is 2. The van der Waals surface area contributed by atoms with Crippen molar-refractivity contribution >= 4 is 21.8 Å². The van der Waals surface area contributed by atoms with Gasteiger partial charge in [0.25, 0.3) is 0 Å². The van der Waals surface area contributed by atoms with E-state index in [0.29, 0.717) is 13.1 Å². The van der Waals surface area contributed by atoms with Gasteiger partial charge in [0.05, 0.1) is 6.54 Å². The van der Waals surface area contributed by atoms with Gasteiger partial charge in [-0.2, -0.15) is 5.10 Å². The predicted octanol–water partition coefficient (Wildman–Crippen LogP) is 0.782. The molecule has 0 bridgehead atoms. The van der Waals surface area contributed by atoms with E-state index in [1.165, 1.54) is 6.92 Å². The maximum atomic E-state index is 10.5. The number of aromatic nitrogens is 2. The summed E-state index contributed by atoms with van der Waals surface area (Å²) in [7, 11) is 0. The van der Waals surface area contributed by atoms with Crippen LogP contribution in [0, 0.1) is 0 Å². The Morgan fingerprint density at radius 3 is 3.08 bits per heavy atom. The van der Waals surface area contributed by atoms with E-state index in [4.69, 9.17) is 0 Å². The summed E-state index contributed by atoms with van der Waals surface area (Å²) in [6, 6.07) is 1.85. The zero-order valence-corrected chi connectivity index (χ0v) is 8.34. The van der Waals surface area contributed by atoms with Crippen molar-refractivity contribution in [3.05, 3.63) is 16.9 Å². The molecule has 0 unspecified atom stereocenters. The molecule has 1 N–H and O–H groups in total. The lowest BCUT2D eigenvalue weighted by molar-refractivity contribution is -0.118. The molecular weight excluding hydrogens is 222 g/mol. The van der Waals surface area contributed by atoms with E-state index in [1.54, 1.807) is 4.68 Å². The minimum Gasteiger partial charge on any atom is -0.354 e. The highest BCUT2D eigenvalue weighted by atomic mass is 79.9. The standard InChI is InChI=1S/C7H10BrN3O/c1-6(12)9-3-5-11-4-2-7(8)10-11/h2,4H,3,5H2,1H3,(H,9,12). The molecule has 1 aromatic heterocycles. The molecule has 0 fully saturated rings. The molecule has 5 heteroatoms. The molecule has 0 saturated carbocycles. The maximum Gasteiger partial charge on any atom is 0.216 e. The second kappa shape index (κ2) is 4.25. The minimum absolute atomic E-state index is 0.0128. The number of amides is 1. The van der Waals surface area contributed by atoms with Crippen molar-refractivity contribution in [2.45, 2.75) is 13.5 Å². The topological polar surface area (TPSA) is 46.9 Å². The van der Waals surface area contributed by atoms with Gasteiger partial charge < -0.3 is 5.32 Å². The molecule has 0 aliphatic carbocycles. The summed E-state index contributed by atoms with van der Waals surface area (Å²) < 4.78 is 2.57. The number of rotatable bonds is 3. The van der Waals surface area contributed by atoms with Crippen molar-refractivity contribution in [1.82, 2.24) is 15.1 Å². The second-order valence-electron chi connectivity index (χ2n) is 2.38. The van der Waals surface area contributed by atoms with Crippen LogP contribution in [0.1, 0.15) is 6.92 Å². The molecule has 0 radical (unpaired) electrons. The summed E-state index contributed by atoms with van der Waals surface area (Å²) >= 11 is 3.23. The molecule has 12 heavy (non-hydrogen) atoms. The largest absolute Gasteiger partial charge is 0.354 e. The van der Waals surface area contributed by atoms with Crippen molar-refractivity contribution in [3.63, 3.8) is 0 Å². The summed E-state index contributed by atoms with van der Waals surface area (Å²) in [4.78, 5) is 10.5. The first-order chi connectivity index (χ1) is 5.68. The van der Waals surface area contributed by atoms with Crippen LogP contribution in [0.2, 0.25) is 0 Å². The average Bonchev–Trinajstić information content (AvgIpc) is 2.35. The van der Waals surface area contributed by atoms with Gasteiger partial charge >= 0.3 is 0 Å². The summed E-state index contributed by atoms with van der Waals surface area (Å²) in [5, 5.41) is 6.78. The van der Waals surface area contributed by atoms with Crippen LogP contribution < -0.4 is 5.32 Å². The van der Waals surface area contributed by atoms with Gasteiger partial charge in [0.1, 0.15) is 4.60 Å². The third-order valence-electron chi connectivity index (χ3n) is 1.32. The fourth-order valence-corrected chi connectivity index (χ4v) is 1.13. The van der Waals surface area contributed by atoms with E-state index in [-0.39, 0.29) is 5.91 Å². The Morgan fingerprint density at radius 2 is 2.58 bits per heavy atom. The van der Waals surface area contributed by atoms with Crippen LogP contribution in [-0.4, -0.2) is 22.2 Å². The van der Waals surface area contributed by atoms with Crippen LogP contribution in [0.4, 0.5) is 0 Å². The van der Waals surface area contributed by atoms with Crippen molar-refractivity contribution < 1.29 is 4.79 Å². The number of carbonyl (C=O) groups excluding carboxylic acids is 1. The molecule has 0 spiro atoms. The zero-order chi connectivity index (χ0) is 8.97. The normalized spacial score (nSPS) is 9.83. The lowest BCUT2D eigenvalue weighted by atomic mass is 10.6. The van der Waals surface area contributed by atoms with Gasteiger partial charge in [0.15, 0.2) is 0 Å². The number of carbonyl (C=O) groups is 1. The predicted molar refractivity (Wildman–Crippen MR) is 48.6 cm³/mol. The van der Waals surface area contributed by atoms with Crippen LogP contribution >= 0.6 is 15.9 Å². The molecular formula is C7H10BrN3O. The Labute approximate surface area is 79.1 Å². The van der Waals surface area contributed by atoms with Crippen LogP contribution in [0.3, 0.4) is 0 Å². The fourth-order valence-electron chi connectivity index (χ4n) is 0.808. The molecule has 0 saturated heterocycles. The van der Waals surface area contributed by atoms with E-state index < -0.39 is 0 Å². The molecule has 4 nitrogen and oxygen atoms in total. The van der Waals surface area contributed by atoms with Crippen LogP contribution in [-0.2, 0) is 11.3 Å². The zero-order valence-electron chi connectivity index (χ0n) is 6.75. The van der Waals surface area contributed by atoms with Gasteiger partial charge in [-0.05, 0) is 22.0 Å². The summed E-state index contributed by atoms with van der Waals surface area (Å²) in [5.41, 5.74) is 0. The van der Waals surface area contributed by atoms with Gasteiger partial charge in [-0.15, -0.1) is 0 Å². The Kier molecular flexibility index (Phi) is 3.28. The van der Waals surface area contributed by atoms with E-state index in [9.17, 15) is 4.79 Å². The molecule has 0 aliphatic heterocycles. The highest BCUT2D eigenvalue weighted by Crippen LogP contribution is 2.02. The molecule has 1 heterocycles. The number of hydrogen-bond donors (Lipinski definition) is 1. The Balaban J connectivity index is 2.29. The second-order valence-corrected chi connectivity index (χ2v) is 3.20. The van der Waals surface area contributed by atoms with Crippen LogP contribution in [0.5, 0.6) is 0 Å². The van der Waals surface area contributed by atoms with Gasteiger partial charge in [-0.1, -0.05) is 0 Å². The number of nitrogens with zero attached hydrogens (tertiary/aromatic N) is 2. The Morgan fingerprint density at radius 1 is 1.83 bits per heavy atom. The first-order valence-electron chi connectivity index (χ1n) is 3.62. The van der Waals surface area contributed by atoms with Gasteiger partial charge in [-0.25, -0.2) is 0 Å². The van der Waals surface area contributed by atoms with Crippen molar-refractivity contribution in [3.8, 4) is 0 Å². The van der Waals surface area contributed by atoms with Crippen molar-refractivity contribution in [2.75, 3.05) is 6.54 Å². The monoisotopic (exact) mass is 231 g/mol. The number of nitrogens with one attached hydrogen (secondary N) is 1. The fraction of sp³-hybridized carbons (Fsp3) is 0.429. The Hall–Kier alpha value is -0.840. The van der Waals surface area contributed by atoms with E-state index in [0.717, 1.165) is 4.60 Å². The smallest absolute Gasteiger partial charge is 0.216 e. The molecule has 66 valence electrons. The maximum absolute atomic E-state index is 10.5. The highest BCUT2D eigenvalue weighted by Gasteiger charge is 1.94. The molecule has 1 aromatic rings. The first-order valence-corrected chi connectivity index (χ1v) is 4.41. The average molecular weight is 232 g/mol. The number of halogens is 1. The molecule has 1 rings (SSSR count).